The van der Waals surface area contributed by atoms with Crippen LogP contribution in [0.15, 0.2) is 16.3 Å². The SMILES string of the molecule is O=C(O)[C@H]1[C@H]2CCC[C@H]2[C@@H]1NS(=O)(=O)c1ccc(C2CC2)s1. The van der Waals surface area contributed by atoms with E-state index in [4.69, 9.17) is 0 Å². The van der Waals surface area contributed by atoms with Gasteiger partial charge < -0.3 is 5.11 Å². The lowest BCUT2D eigenvalue weighted by molar-refractivity contribution is -0.152. The highest BCUT2D eigenvalue weighted by atomic mass is 32.2. The van der Waals surface area contributed by atoms with E-state index in [-0.39, 0.29) is 11.8 Å². The second-order valence-electron chi connectivity index (χ2n) is 6.70. The number of sulfonamides is 1. The summed E-state index contributed by atoms with van der Waals surface area (Å²) < 4.78 is 28.1. The van der Waals surface area contributed by atoms with Crippen LogP contribution in [-0.4, -0.2) is 25.5 Å². The van der Waals surface area contributed by atoms with Crippen LogP contribution in [0, 0.1) is 17.8 Å². The maximum Gasteiger partial charge on any atom is 0.308 e. The van der Waals surface area contributed by atoms with E-state index in [9.17, 15) is 18.3 Å². The molecule has 4 atom stereocenters. The number of carboxylic acids is 1. The molecule has 4 rings (SSSR count). The Bertz CT molecular complexity index is 707. The maximum absolute atomic E-state index is 12.6. The van der Waals surface area contributed by atoms with Crippen molar-refractivity contribution >= 4 is 27.3 Å². The molecule has 1 aromatic heterocycles. The van der Waals surface area contributed by atoms with Gasteiger partial charge in [0.1, 0.15) is 4.21 Å². The molecular weight excluding hydrogens is 322 g/mol. The number of rotatable bonds is 5. The van der Waals surface area contributed by atoms with E-state index in [2.05, 4.69) is 4.72 Å². The first kappa shape index (κ1) is 14.7. The third kappa shape index (κ3) is 2.30. The second-order valence-corrected chi connectivity index (χ2v) is 9.76. The van der Waals surface area contributed by atoms with Crippen LogP contribution in [0.4, 0.5) is 0 Å². The molecule has 3 fully saturated rings. The van der Waals surface area contributed by atoms with Crippen molar-refractivity contribution in [1.82, 2.24) is 4.72 Å². The zero-order chi connectivity index (χ0) is 15.5. The average Bonchev–Trinajstić information content (AvgIpc) is 3.01. The summed E-state index contributed by atoms with van der Waals surface area (Å²) in [4.78, 5) is 12.6. The van der Waals surface area contributed by atoms with Gasteiger partial charge in [-0.2, -0.15) is 0 Å². The van der Waals surface area contributed by atoms with E-state index in [1.807, 2.05) is 6.07 Å². The van der Waals surface area contributed by atoms with E-state index in [1.54, 1.807) is 6.07 Å². The molecule has 0 unspecified atom stereocenters. The van der Waals surface area contributed by atoms with E-state index >= 15 is 0 Å². The first-order chi connectivity index (χ1) is 10.5. The van der Waals surface area contributed by atoms with Crippen molar-refractivity contribution in [2.75, 3.05) is 0 Å². The number of hydrogen-bond donors (Lipinski definition) is 2. The standard InChI is InChI=1S/C15H19NO4S2/c17-15(18)13-9-2-1-3-10(9)14(13)16-22(19,20)12-7-6-11(21-12)8-4-5-8/h6-10,13-14,16H,1-5H2,(H,17,18)/t9-,10+,13-,14-/m0/s1. The number of carbonyl (C=O) groups is 1. The van der Waals surface area contributed by atoms with Crippen LogP contribution in [0.25, 0.3) is 0 Å². The Balaban J connectivity index is 1.54. The number of nitrogens with one attached hydrogen (secondary N) is 1. The van der Waals surface area contributed by atoms with Crippen molar-refractivity contribution in [2.45, 2.75) is 48.3 Å². The maximum atomic E-state index is 12.6. The lowest BCUT2D eigenvalue weighted by atomic mass is 9.63. The fraction of sp³-hybridized carbons (Fsp3) is 0.667. The lowest BCUT2D eigenvalue weighted by Gasteiger charge is -2.46. The molecule has 3 saturated carbocycles. The summed E-state index contributed by atoms with van der Waals surface area (Å²) in [6, 6.07) is 3.10. The summed E-state index contributed by atoms with van der Waals surface area (Å²) in [6.45, 7) is 0. The third-order valence-corrected chi connectivity index (χ3v) is 8.56. The minimum atomic E-state index is -3.61. The largest absolute Gasteiger partial charge is 0.481 e. The monoisotopic (exact) mass is 341 g/mol. The molecule has 7 heteroatoms. The van der Waals surface area contributed by atoms with Gasteiger partial charge in [0, 0.05) is 10.9 Å². The molecule has 3 aliphatic carbocycles. The Labute approximate surface area is 133 Å². The summed E-state index contributed by atoms with van der Waals surface area (Å²) in [5.41, 5.74) is 0. The normalized spacial score (nSPS) is 34.2. The molecule has 2 N–H and O–H groups in total. The van der Waals surface area contributed by atoms with Crippen LogP contribution in [0.5, 0.6) is 0 Å². The Hall–Kier alpha value is -0.920. The highest BCUT2D eigenvalue weighted by molar-refractivity contribution is 7.91. The fourth-order valence-electron chi connectivity index (χ4n) is 4.10. The summed E-state index contributed by atoms with van der Waals surface area (Å²) in [6.07, 6.45) is 5.12. The zero-order valence-corrected chi connectivity index (χ0v) is 13.7. The van der Waals surface area contributed by atoms with Crippen molar-refractivity contribution in [3.63, 3.8) is 0 Å². The molecule has 0 saturated heterocycles. The molecule has 120 valence electrons. The molecular formula is C15H19NO4S2. The molecule has 0 spiro atoms. The summed E-state index contributed by atoms with van der Waals surface area (Å²) in [5.74, 6) is -0.566. The van der Waals surface area contributed by atoms with Gasteiger partial charge in [0.25, 0.3) is 0 Å². The van der Waals surface area contributed by atoms with Crippen LogP contribution in [0.1, 0.15) is 42.9 Å². The molecule has 3 aliphatic rings. The first-order valence-corrected chi connectivity index (χ1v) is 10.1. The molecule has 0 aromatic carbocycles. The predicted octanol–water partition coefficient (Wildman–Crippen LogP) is 2.40. The highest BCUT2D eigenvalue weighted by Gasteiger charge is 2.57. The number of aliphatic carboxylic acids is 1. The van der Waals surface area contributed by atoms with Crippen LogP contribution in [0.2, 0.25) is 0 Å². The van der Waals surface area contributed by atoms with Gasteiger partial charge >= 0.3 is 5.97 Å². The van der Waals surface area contributed by atoms with Gasteiger partial charge in [-0.1, -0.05) is 6.42 Å². The second kappa shape index (κ2) is 5.04. The van der Waals surface area contributed by atoms with Gasteiger partial charge in [0.2, 0.25) is 10.0 Å². The van der Waals surface area contributed by atoms with Gasteiger partial charge in [-0.05, 0) is 55.6 Å². The molecule has 1 aromatic rings. The van der Waals surface area contributed by atoms with Crippen molar-refractivity contribution in [2.24, 2.45) is 17.8 Å². The van der Waals surface area contributed by atoms with Crippen molar-refractivity contribution in [3.05, 3.63) is 17.0 Å². The molecule has 1 heterocycles. The summed E-state index contributed by atoms with van der Waals surface area (Å²) in [7, 11) is -3.61. The van der Waals surface area contributed by atoms with Gasteiger partial charge in [-0.15, -0.1) is 11.3 Å². The quantitative estimate of drug-likeness (QED) is 0.861. The van der Waals surface area contributed by atoms with Crippen molar-refractivity contribution in [3.8, 4) is 0 Å². The van der Waals surface area contributed by atoms with Gasteiger partial charge in [-0.25, -0.2) is 13.1 Å². The van der Waals surface area contributed by atoms with E-state index in [1.165, 1.54) is 11.3 Å². The minimum Gasteiger partial charge on any atom is -0.481 e. The van der Waals surface area contributed by atoms with Gasteiger partial charge in [0.05, 0.1) is 5.92 Å². The van der Waals surface area contributed by atoms with Gasteiger partial charge in [-0.3, -0.25) is 4.79 Å². The Morgan fingerprint density at radius 1 is 1.18 bits per heavy atom. The Morgan fingerprint density at radius 2 is 1.91 bits per heavy atom. The number of thiophene rings is 1. The van der Waals surface area contributed by atoms with Crippen LogP contribution >= 0.6 is 11.3 Å². The van der Waals surface area contributed by atoms with E-state index in [0.717, 1.165) is 37.0 Å². The molecule has 22 heavy (non-hydrogen) atoms. The molecule has 0 radical (unpaired) electrons. The third-order valence-electron chi connectivity index (χ3n) is 5.36. The van der Waals surface area contributed by atoms with Crippen molar-refractivity contribution in [1.29, 1.82) is 0 Å². The molecule has 0 aliphatic heterocycles. The Kier molecular flexibility index (Phi) is 3.36. The zero-order valence-electron chi connectivity index (χ0n) is 12.1. The molecule has 0 amide bonds. The summed E-state index contributed by atoms with van der Waals surface area (Å²) >= 11 is 1.32. The average molecular weight is 341 g/mol. The molecule has 5 nitrogen and oxygen atoms in total. The van der Waals surface area contributed by atoms with Crippen LogP contribution in [0.3, 0.4) is 0 Å². The topological polar surface area (TPSA) is 83.5 Å². The highest BCUT2D eigenvalue weighted by Crippen LogP contribution is 2.52. The fourth-order valence-corrected chi connectivity index (χ4v) is 6.92. The Morgan fingerprint density at radius 3 is 2.59 bits per heavy atom. The number of carboxylic acid groups (broad SMARTS) is 1. The summed E-state index contributed by atoms with van der Waals surface area (Å²) in [5, 5.41) is 9.37. The predicted molar refractivity (Wildman–Crippen MR) is 82.4 cm³/mol. The van der Waals surface area contributed by atoms with Crippen LogP contribution < -0.4 is 4.72 Å². The van der Waals surface area contributed by atoms with Gasteiger partial charge in [0.15, 0.2) is 0 Å². The van der Waals surface area contributed by atoms with E-state index < -0.39 is 28.0 Å². The number of hydrogen-bond acceptors (Lipinski definition) is 4. The van der Waals surface area contributed by atoms with E-state index in [0.29, 0.717) is 10.1 Å². The molecule has 0 bridgehead atoms. The lowest BCUT2D eigenvalue weighted by Crippen LogP contribution is -2.60. The number of fused-ring (bicyclic) bond motifs is 1. The van der Waals surface area contributed by atoms with Crippen LogP contribution in [-0.2, 0) is 14.8 Å². The smallest absolute Gasteiger partial charge is 0.308 e. The van der Waals surface area contributed by atoms with Crippen molar-refractivity contribution < 1.29 is 18.3 Å². The minimum absolute atomic E-state index is 0.149. The first-order valence-electron chi connectivity index (χ1n) is 7.82.